The molecule has 26 heavy (non-hydrogen) atoms. The third-order valence-corrected chi connectivity index (χ3v) is 7.30. The number of hydrogen-bond acceptors (Lipinski definition) is 4. The van der Waals surface area contributed by atoms with Crippen molar-refractivity contribution < 1.29 is 14.7 Å². The molecular weight excluding hydrogens is 366 g/mol. The number of carboxylic acid groups (broad SMARTS) is 1. The maximum atomic E-state index is 12.5. The Morgan fingerprint density at radius 1 is 1.12 bits per heavy atom. The van der Waals surface area contributed by atoms with E-state index in [0.717, 1.165) is 0 Å². The maximum absolute atomic E-state index is 12.5. The molecule has 0 aliphatic carbocycles. The smallest absolute Gasteiger partial charge is 0.310 e. The highest BCUT2D eigenvalue weighted by atomic mass is 32.2. The molecule has 136 valence electrons. The fourth-order valence-corrected chi connectivity index (χ4v) is 5.60. The number of aliphatic carboxylic acids is 1. The van der Waals surface area contributed by atoms with Crippen molar-refractivity contribution in [1.29, 1.82) is 0 Å². The molecule has 1 amide bonds. The van der Waals surface area contributed by atoms with Gasteiger partial charge in [0, 0.05) is 11.3 Å². The van der Waals surface area contributed by atoms with Crippen molar-refractivity contribution in [1.82, 2.24) is 0 Å². The van der Waals surface area contributed by atoms with Gasteiger partial charge in [0.15, 0.2) is 0 Å². The van der Waals surface area contributed by atoms with Crippen LogP contribution >= 0.6 is 23.5 Å². The SMILES string of the molecule is CC(C(=O)O)c1cccc(NC(=O)c2ccc(C3SCCCS3)cc2)c1. The molecule has 0 aromatic heterocycles. The van der Waals surface area contributed by atoms with Gasteiger partial charge in [-0.15, -0.1) is 23.5 Å². The maximum Gasteiger partial charge on any atom is 0.310 e. The lowest BCUT2D eigenvalue weighted by molar-refractivity contribution is -0.138. The van der Waals surface area contributed by atoms with Gasteiger partial charge in [0.05, 0.1) is 10.5 Å². The fourth-order valence-electron chi connectivity index (χ4n) is 2.70. The second-order valence-electron chi connectivity index (χ2n) is 6.19. The van der Waals surface area contributed by atoms with Gasteiger partial charge in [-0.25, -0.2) is 0 Å². The molecule has 1 atom stereocenters. The molecule has 1 aliphatic rings. The van der Waals surface area contributed by atoms with Gasteiger partial charge in [0.2, 0.25) is 0 Å². The number of hydrogen-bond donors (Lipinski definition) is 2. The first-order valence-corrected chi connectivity index (χ1v) is 10.6. The Morgan fingerprint density at radius 3 is 2.46 bits per heavy atom. The molecule has 2 aromatic rings. The zero-order valence-electron chi connectivity index (χ0n) is 14.5. The Balaban J connectivity index is 1.68. The summed E-state index contributed by atoms with van der Waals surface area (Å²) in [6.07, 6.45) is 1.26. The average Bonchev–Trinajstić information content (AvgIpc) is 2.68. The Hall–Kier alpha value is -1.92. The van der Waals surface area contributed by atoms with Crippen LogP contribution in [0.1, 0.15) is 45.3 Å². The van der Waals surface area contributed by atoms with Crippen molar-refractivity contribution in [3.05, 3.63) is 65.2 Å². The van der Waals surface area contributed by atoms with E-state index in [1.165, 1.54) is 23.5 Å². The molecule has 0 radical (unpaired) electrons. The summed E-state index contributed by atoms with van der Waals surface area (Å²) in [5.74, 6) is 0.676. The van der Waals surface area contributed by atoms with Crippen LogP contribution in [0.15, 0.2) is 48.5 Å². The van der Waals surface area contributed by atoms with Crippen LogP contribution in [0.25, 0.3) is 0 Å². The van der Waals surface area contributed by atoms with Crippen LogP contribution in [0.3, 0.4) is 0 Å². The number of benzene rings is 2. The lowest BCUT2D eigenvalue weighted by Crippen LogP contribution is -2.13. The lowest BCUT2D eigenvalue weighted by atomic mass is 10.0. The van der Waals surface area contributed by atoms with Gasteiger partial charge in [-0.1, -0.05) is 24.3 Å². The second kappa shape index (κ2) is 8.64. The van der Waals surface area contributed by atoms with Gasteiger partial charge >= 0.3 is 5.97 Å². The monoisotopic (exact) mass is 387 g/mol. The molecule has 1 fully saturated rings. The third kappa shape index (κ3) is 4.62. The third-order valence-electron chi connectivity index (χ3n) is 4.29. The van der Waals surface area contributed by atoms with Gasteiger partial charge in [0.25, 0.3) is 5.91 Å². The topological polar surface area (TPSA) is 66.4 Å². The number of carboxylic acids is 1. The molecule has 3 rings (SSSR count). The van der Waals surface area contributed by atoms with Crippen LogP contribution in [0.5, 0.6) is 0 Å². The summed E-state index contributed by atoms with van der Waals surface area (Å²) in [5.41, 5.74) is 3.10. The van der Waals surface area contributed by atoms with Crippen LogP contribution < -0.4 is 5.32 Å². The van der Waals surface area contributed by atoms with Crippen molar-refractivity contribution >= 4 is 41.1 Å². The highest BCUT2D eigenvalue weighted by molar-refractivity contribution is 8.16. The summed E-state index contributed by atoms with van der Waals surface area (Å²) < 4.78 is 0.454. The zero-order valence-corrected chi connectivity index (χ0v) is 16.1. The van der Waals surface area contributed by atoms with E-state index in [9.17, 15) is 9.59 Å². The van der Waals surface area contributed by atoms with Gasteiger partial charge in [-0.3, -0.25) is 9.59 Å². The van der Waals surface area contributed by atoms with E-state index >= 15 is 0 Å². The van der Waals surface area contributed by atoms with Crippen LogP contribution in [0.2, 0.25) is 0 Å². The van der Waals surface area contributed by atoms with E-state index in [2.05, 4.69) is 5.32 Å². The predicted octanol–water partition coefficient (Wildman–Crippen LogP) is 5.00. The molecule has 0 saturated carbocycles. The minimum absolute atomic E-state index is 0.194. The van der Waals surface area contributed by atoms with Gasteiger partial charge in [-0.05, 0) is 60.2 Å². The first-order valence-electron chi connectivity index (χ1n) is 8.52. The van der Waals surface area contributed by atoms with E-state index in [1.807, 2.05) is 47.8 Å². The Kier molecular flexibility index (Phi) is 6.27. The van der Waals surface area contributed by atoms with E-state index < -0.39 is 11.9 Å². The number of anilines is 1. The van der Waals surface area contributed by atoms with Crippen LogP contribution in [-0.4, -0.2) is 28.5 Å². The van der Waals surface area contributed by atoms with Crippen molar-refractivity contribution in [3.8, 4) is 0 Å². The minimum atomic E-state index is -0.887. The summed E-state index contributed by atoms with van der Waals surface area (Å²) in [6.45, 7) is 1.63. The summed E-state index contributed by atoms with van der Waals surface area (Å²) >= 11 is 3.91. The van der Waals surface area contributed by atoms with E-state index in [4.69, 9.17) is 5.11 Å². The summed E-state index contributed by atoms with van der Waals surface area (Å²) in [6, 6.07) is 14.7. The molecule has 0 spiro atoms. The molecule has 0 bridgehead atoms. The van der Waals surface area contributed by atoms with Crippen molar-refractivity contribution in [3.63, 3.8) is 0 Å². The van der Waals surface area contributed by atoms with Crippen LogP contribution in [-0.2, 0) is 4.79 Å². The number of nitrogens with one attached hydrogen (secondary N) is 1. The highest BCUT2D eigenvalue weighted by Crippen LogP contribution is 2.43. The van der Waals surface area contributed by atoms with Crippen molar-refractivity contribution in [2.45, 2.75) is 23.8 Å². The standard InChI is InChI=1S/C20H21NO3S2/c1-13(19(23)24)16-4-2-5-17(12-16)21-18(22)14-6-8-15(9-7-14)20-25-10-3-11-26-20/h2,4-9,12-13,20H,3,10-11H2,1H3,(H,21,22)(H,23,24). The molecule has 1 heterocycles. The normalized spacial score (nSPS) is 16.0. The number of thioether (sulfide) groups is 2. The molecular formula is C20H21NO3S2. The average molecular weight is 388 g/mol. The first-order chi connectivity index (χ1) is 12.5. The number of carbonyl (C=O) groups excluding carboxylic acids is 1. The summed E-state index contributed by atoms with van der Waals surface area (Å²) in [4.78, 5) is 23.6. The Labute approximate surface area is 161 Å². The molecule has 1 saturated heterocycles. The van der Waals surface area contributed by atoms with Crippen LogP contribution in [0.4, 0.5) is 5.69 Å². The lowest BCUT2D eigenvalue weighted by Gasteiger charge is -2.21. The quantitative estimate of drug-likeness (QED) is 0.756. The molecule has 2 aromatic carbocycles. The van der Waals surface area contributed by atoms with Crippen molar-refractivity contribution in [2.24, 2.45) is 0 Å². The van der Waals surface area contributed by atoms with Gasteiger partial charge < -0.3 is 10.4 Å². The molecule has 1 unspecified atom stereocenters. The summed E-state index contributed by atoms with van der Waals surface area (Å²) in [7, 11) is 0. The largest absolute Gasteiger partial charge is 0.481 e. The Bertz CT molecular complexity index is 786. The van der Waals surface area contributed by atoms with Gasteiger partial charge in [0.1, 0.15) is 0 Å². The van der Waals surface area contributed by atoms with E-state index in [0.29, 0.717) is 21.4 Å². The van der Waals surface area contributed by atoms with Crippen LogP contribution in [0, 0.1) is 0 Å². The van der Waals surface area contributed by atoms with Gasteiger partial charge in [-0.2, -0.15) is 0 Å². The first kappa shape index (κ1) is 18.9. The van der Waals surface area contributed by atoms with E-state index in [-0.39, 0.29) is 5.91 Å². The number of amides is 1. The Morgan fingerprint density at radius 2 is 1.81 bits per heavy atom. The second-order valence-corrected chi connectivity index (χ2v) is 8.91. The highest BCUT2D eigenvalue weighted by Gasteiger charge is 2.17. The summed E-state index contributed by atoms with van der Waals surface area (Å²) in [5, 5.41) is 12.0. The number of carbonyl (C=O) groups is 2. The zero-order chi connectivity index (χ0) is 18.5. The molecule has 4 nitrogen and oxygen atoms in total. The predicted molar refractivity (Wildman–Crippen MR) is 109 cm³/mol. The van der Waals surface area contributed by atoms with E-state index in [1.54, 1.807) is 31.2 Å². The minimum Gasteiger partial charge on any atom is -0.481 e. The van der Waals surface area contributed by atoms with Crippen molar-refractivity contribution in [2.75, 3.05) is 16.8 Å². The molecule has 6 heteroatoms. The molecule has 1 aliphatic heterocycles. The fraction of sp³-hybridized carbons (Fsp3) is 0.300. The molecule has 2 N–H and O–H groups in total. The number of rotatable bonds is 5.